The molecule has 17 heavy (non-hydrogen) atoms. The van der Waals surface area contributed by atoms with Gasteiger partial charge in [0.1, 0.15) is 5.15 Å². The van der Waals surface area contributed by atoms with E-state index in [0.717, 1.165) is 22.0 Å². The van der Waals surface area contributed by atoms with E-state index in [0.29, 0.717) is 10.7 Å². The van der Waals surface area contributed by atoms with Crippen molar-refractivity contribution >= 4 is 33.6 Å². The Balaban J connectivity index is 3.11. The van der Waals surface area contributed by atoms with E-state index in [4.69, 9.17) is 16.9 Å². The molecule has 0 unspecified atom stereocenters. The number of pyridine rings is 1. The third kappa shape index (κ3) is 3.99. The van der Waals surface area contributed by atoms with Crippen LogP contribution in [0, 0.1) is 18.3 Å². The predicted octanol–water partition coefficient (Wildman–Crippen LogP) is 4.64. The zero-order chi connectivity index (χ0) is 12.8. The van der Waals surface area contributed by atoms with Gasteiger partial charge >= 0.3 is 0 Å². The fourth-order valence-corrected chi connectivity index (χ4v) is 2.01. The summed E-state index contributed by atoms with van der Waals surface area (Å²) in [4.78, 5) is 4.02. The Morgan fingerprint density at radius 3 is 2.88 bits per heavy atom. The molecule has 1 rings (SSSR count). The van der Waals surface area contributed by atoms with Crippen molar-refractivity contribution in [2.24, 2.45) is 0 Å². The summed E-state index contributed by atoms with van der Waals surface area (Å²) in [6.45, 7) is 3.95. The van der Waals surface area contributed by atoms with Gasteiger partial charge in [0.15, 0.2) is 0 Å². The molecule has 0 amide bonds. The second-order valence-electron chi connectivity index (χ2n) is 3.49. The molecule has 0 aliphatic carbocycles. The van der Waals surface area contributed by atoms with Crippen LogP contribution in [0.2, 0.25) is 5.15 Å². The van der Waals surface area contributed by atoms with Crippen LogP contribution in [-0.4, -0.2) is 4.98 Å². The predicted molar refractivity (Wildman–Crippen MR) is 74.9 cm³/mol. The van der Waals surface area contributed by atoms with Crippen molar-refractivity contribution in [1.82, 2.24) is 4.98 Å². The second-order valence-corrected chi connectivity index (χ2v) is 4.74. The van der Waals surface area contributed by atoms with E-state index in [2.05, 4.69) is 27.0 Å². The first-order valence-electron chi connectivity index (χ1n) is 5.18. The lowest BCUT2D eigenvalue weighted by Crippen LogP contribution is -1.86. The van der Waals surface area contributed by atoms with Crippen LogP contribution in [0.3, 0.4) is 0 Å². The van der Waals surface area contributed by atoms with Crippen molar-refractivity contribution in [3.05, 3.63) is 44.7 Å². The molecular weight excluding hydrogens is 300 g/mol. The monoisotopic (exact) mass is 310 g/mol. The minimum Gasteiger partial charge on any atom is -0.244 e. The van der Waals surface area contributed by atoms with Crippen LogP contribution in [0.4, 0.5) is 0 Å². The molecule has 0 radical (unpaired) electrons. The van der Waals surface area contributed by atoms with Gasteiger partial charge in [0.05, 0.1) is 11.6 Å². The van der Waals surface area contributed by atoms with Crippen LogP contribution in [0.25, 0.3) is 6.08 Å². The molecule has 88 valence electrons. The first kappa shape index (κ1) is 14.0. The average molecular weight is 312 g/mol. The van der Waals surface area contributed by atoms with Gasteiger partial charge in [-0.1, -0.05) is 24.6 Å². The Morgan fingerprint density at radius 1 is 1.65 bits per heavy atom. The molecule has 2 nitrogen and oxygen atoms in total. The first-order valence-corrected chi connectivity index (χ1v) is 6.35. The third-order valence-corrected chi connectivity index (χ3v) is 3.05. The minimum absolute atomic E-state index is 0.473. The summed E-state index contributed by atoms with van der Waals surface area (Å²) in [5, 5.41) is 9.47. The number of hydrogen-bond acceptors (Lipinski definition) is 2. The van der Waals surface area contributed by atoms with E-state index in [1.54, 1.807) is 12.3 Å². The van der Waals surface area contributed by atoms with Crippen LogP contribution in [0.15, 0.2) is 28.4 Å². The number of rotatable bonds is 3. The summed E-state index contributed by atoms with van der Waals surface area (Å²) in [5.74, 6) is 0. The van der Waals surface area contributed by atoms with Gasteiger partial charge in [-0.3, -0.25) is 0 Å². The SMILES string of the molecule is CC/C=C(C#N)/C(Br)=C\c1cnc(Cl)cc1C. The van der Waals surface area contributed by atoms with Gasteiger partial charge in [0, 0.05) is 10.7 Å². The number of allylic oxidation sites excluding steroid dienone is 3. The lowest BCUT2D eigenvalue weighted by atomic mass is 10.1. The van der Waals surface area contributed by atoms with Crippen LogP contribution in [0.5, 0.6) is 0 Å². The van der Waals surface area contributed by atoms with Crippen molar-refractivity contribution < 1.29 is 0 Å². The van der Waals surface area contributed by atoms with Gasteiger partial charge in [-0.2, -0.15) is 5.26 Å². The van der Waals surface area contributed by atoms with E-state index in [1.807, 2.05) is 26.0 Å². The molecule has 0 bridgehead atoms. The number of hydrogen-bond donors (Lipinski definition) is 0. The normalized spacial score (nSPS) is 12.4. The number of halogens is 2. The molecule has 0 spiro atoms. The number of nitrogens with zero attached hydrogens (tertiary/aromatic N) is 2. The maximum Gasteiger partial charge on any atom is 0.129 e. The second kappa shape index (κ2) is 6.58. The summed E-state index contributed by atoms with van der Waals surface area (Å²) in [6.07, 6.45) is 6.27. The molecular formula is C13H12BrClN2. The lowest BCUT2D eigenvalue weighted by molar-refractivity contribution is 1.21. The van der Waals surface area contributed by atoms with Crippen LogP contribution in [-0.2, 0) is 0 Å². The summed E-state index contributed by atoms with van der Waals surface area (Å²) < 4.78 is 0.758. The smallest absolute Gasteiger partial charge is 0.129 e. The fraction of sp³-hybridized carbons (Fsp3) is 0.231. The minimum atomic E-state index is 0.473. The van der Waals surface area contributed by atoms with Gasteiger partial charge in [-0.05, 0) is 52.5 Å². The molecule has 0 saturated carbocycles. The van der Waals surface area contributed by atoms with Gasteiger partial charge in [0.2, 0.25) is 0 Å². The van der Waals surface area contributed by atoms with Crippen LogP contribution < -0.4 is 0 Å². The molecule has 1 aromatic rings. The maximum absolute atomic E-state index is 8.99. The van der Waals surface area contributed by atoms with Crippen molar-refractivity contribution in [3.63, 3.8) is 0 Å². The van der Waals surface area contributed by atoms with Crippen molar-refractivity contribution in [3.8, 4) is 6.07 Å². The number of aryl methyl sites for hydroxylation is 1. The van der Waals surface area contributed by atoms with E-state index < -0.39 is 0 Å². The Labute approximate surface area is 115 Å². The van der Waals surface area contributed by atoms with E-state index in [9.17, 15) is 0 Å². The molecule has 0 atom stereocenters. The molecule has 1 heterocycles. The zero-order valence-corrected chi connectivity index (χ0v) is 12.0. The third-order valence-electron chi connectivity index (χ3n) is 2.19. The van der Waals surface area contributed by atoms with Crippen molar-refractivity contribution in [2.45, 2.75) is 20.3 Å². The highest BCUT2D eigenvalue weighted by atomic mass is 79.9. The number of aromatic nitrogens is 1. The first-order chi connectivity index (χ1) is 8.08. The largest absolute Gasteiger partial charge is 0.244 e. The molecule has 0 saturated heterocycles. The van der Waals surface area contributed by atoms with E-state index in [1.165, 1.54) is 0 Å². The van der Waals surface area contributed by atoms with Gasteiger partial charge < -0.3 is 0 Å². The molecule has 0 fully saturated rings. The average Bonchev–Trinajstić information content (AvgIpc) is 2.29. The highest BCUT2D eigenvalue weighted by Crippen LogP contribution is 2.23. The van der Waals surface area contributed by atoms with E-state index >= 15 is 0 Å². The van der Waals surface area contributed by atoms with Gasteiger partial charge in [-0.15, -0.1) is 0 Å². The lowest BCUT2D eigenvalue weighted by Gasteiger charge is -2.02. The molecule has 0 N–H and O–H groups in total. The summed E-state index contributed by atoms with van der Waals surface area (Å²) in [5.41, 5.74) is 2.59. The standard InChI is InChI=1S/C13H12BrClN2/c1-3-4-10(7-16)12(14)6-11-8-17-13(15)5-9(11)2/h4-6,8H,3H2,1-2H3/b10-4+,12-6+. The zero-order valence-electron chi connectivity index (χ0n) is 9.67. The van der Waals surface area contributed by atoms with E-state index in [-0.39, 0.29) is 0 Å². The molecule has 0 aliphatic heterocycles. The summed E-state index contributed by atoms with van der Waals surface area (Å²) >= 11 is 9.19. The highest BCUT2D eigenvalue weighted by Gasteiger charge is 2.03. The Kier molecular flexibility index (Phi) is 5.40. The number of nitriles is 1. The molecule has 4 heteroatoms. The van der Waals surface area contributed by atoms with Crippen molar-refractivity contribution in [1.29, 1.82) is 5.26 Å². The summed E-state index contributed by atoms with van der Waals surface area (Å²) in [6, 6.07) is 3.95. The topological polar surface area (TPSA) is 36.7 Å². The molecule has 0 aromatic carbocycles. The fourth-order valence-electron chi connectivity index (χ4n) is 1.30. The van der Waals surface area contributed by atoms with Crippen LogP contribution in [0.1, 0.15) is 24.5 Å². The quantitative estimate of drug-likeness (QED) is 0.463. The Hall–Kier alpha value is -1.11. The van der Waals surface area contributed by atoms with Gasteiger partial charge in [-0.25, -0.2) is 4.98 Å². The molecule has 0 aliphatic rings. The van der Waals surface area contributed by atoms with Crippen LogP contribution >= 0.6 is 27.5 Å². The Bertz CT molecular complexity index is 513. The Morgan fingerprint density at radius 2 is 2.35 bits per heavy atom. The van der Waals surface area contributed by atoms with Gasteiger partial charge in [0.25, 0.3) is 0 Å². The van der Waals surface area contributed by atoms with Crippen molar-refractivity contribution in [2.75, 3.05) is 0 Å². The maximum atomic E-state index is 8.99. The highest BCUT2D eigenvalue weighted by molar-refractivity contribution is 9.12. The molecule has 1 aromatic heterocycles. The summed E-state index contributed by atoms with van der Waals surface area (Å²) in [7, 11) is 0.